The number of amides is 2. The normalized spacial score (nSPS) is 16.5. The number of carbonyl (C=O) groups excluding carboxylic acids is 2. The van der Waals surface area contributed by atoms with Crippen LogP contribution in [-0.2, 0) is 9.59 Å². The number of likely N-dealkylation sites (tertiary alicyclic amines) is 1. The molecule has 1 aliphatic heterocycles. The maximum absolute atomic E-state index is 12.2. The summed E-state index contributed by atoms with van der Waals surface area (Å²) >= 11 is 0. The van der Waals surface area contributed by atoms with Gasteiger partial charge in [-0.1, -0.05) is 0 Å². The Kier molecular flexibility index (Phi) is 6.64. The van der Waals surface area contributed by atoms with Gasteiger partial charge in [-0.15, -0.1) is 12.4 Å². The largest absolute Gasteiger partial charge is 0.508 e. The Morgan fingerprint density at radius 3 is 2.32 bits per heavy atom. The van der Waals surface area contributed by atoms with Crippen LogP contribution >= 0.6 is 12.4 Å². The van der Waals surface area contributed by atoms with Crippen LogP contribution in [0.4, 0.5) is 5.69 Å². The molecular weight excluding hydrogens is 306 g/mol. The number of hydrogen-bond acceptors (Lipinski definition) is 4. The number of piperidine rings is 1. The molecule has 4 N–H and O–H groups in total. The van der Waals surface area contributed by atoms with Crippen molar-refractivity contribution >= 4 is 29.9 Å². The predicted octanol–water partition coefficient (Wildman–Crippen LogP) is 1.34. The van der Waals surface area contributed by atoms with E-state index in [0.717, 1.165) is 0 Å². The maximum atomic E-state index is 12.2. The van der Waals surface area contributed by atoms with E-state index in [4.69, 9.17) is 5.73 Å². The van der Waals surface area contributed by atoms with E-state index in [1.54, 1.807) is 24.0 Å². The molecule has 122 valence electrons. The van der Waals surface area contributed by atoms with Crippen LogP contribution in [0.1, 0.15) is 19.8 Å². The summed E-state index contributed by atoms with van der Waals surface area (Å²) in [5.41, 5.74) is 6.24. The van der Waals surface area contributed by atoms with Crippen molar-refractivity contribution < 1.29 is 14.7 Å². The summed E-state index contributed by atoms with van der Waals surface area (Å²) in [6, 6.07) is 5.87. The third kappa shape index (κ3) is 4.61. The molecular formula is C15H22ClN3O3. The number of nitrogens with two attached hydrogens (primary N) is 1. The first kappa shape index (κ1) is 18.3. The molecule has 22 heavy (non-hydrogen) atoms. The molecule has 1 fully saturated rings. The van der Waals surface area contributed by atoms with Gasteiger partial charge in [-0.05, 0) is 44.0 Å². The Morgan fingerprint density at radius 1 is 1.27 bits per heavy atom. The molecule has 0 bridgehead atoms. The standard InChI is InChI=1S/C15H21N3O3.ClH/c1-10(16)15(21)18-8-6-11(7-9-18)14(20)17-12-2-4-13(19)5-3-12;/h2-5,10-11,19H,6-9,16H2,1H3,(H,17,20);1H/t10-;/m1./s1. The van der Waals surface area contributed by atoms with Crippen LogP contribution < -0.4 is 11.1 Å². The summed E-state index contributed by atoms with van der Waals surface area (Å²) in [7, 11) is 0. The molecule has 0 saturated carbocycles. The molecule has 0 radical (unpaired) electrons. The van der Waals surface area contributed by atoms with E-state index in [9.17, 15) is 14.7 Å². The summed E-state index contributed by atoms with van der Waals surface area (Å²) in [5.74, 6) is -0.0485. The van der Waals surface area contributed by atoms with Gasteiger partial charge in [0.25, 0.3) is 0 Å². The van der Waals surface area contributed by atoms with Crippen LogP contribution in [-0.4, -0.2) is 41.0 Å². The van der Waals surface area contributed by atoms with Crippen molar-refractivity contribution in [1.29, 1.82) is 0 Å². The Hall–Kier alpha value is -1.79. The average molecular weight is 328 g/mol. The number of phenolic OH excluding ortho intramolecular Hbond substituents is 1. The van der Waals surface area contributed by atoms with Gasteiger partial charge in [0.2, 0.25) is 11.8 Å². The number of halogens is 1. The van der Waals surface area contributed by atoms with Crippen LogP contribution in [0.5, 0.6) is 5.75 Å². The van der Waals surface area contributed by atoms with Crippen LogP contribution in [0.15, 0.2) is 24.3 Å². The molecule has 1 aromatic carbocycles. The van der Waals surface area contributed by atoms with Crippen LogP contribution in [0, 0.1) is 5.92 Å². The van der Waals surface area contributed by atoms with Gasteiger partial charge >= 0.3 is 0 Å². The molecule has 1 heterocycles. The number of benzene rings is 1. The van der Waals surface area contributed by atoms with E-state index in [0.29, 0.717) is 31.6 Å². The van der Waals surface area contributed by atoms with Crippen molar-refractivity contribution in [2.45, 2.75) is 25.8 Å². The third-order valence-electron chi connectivity index (χ3n) is 3.70. The lowest BCUT2D eigenvalue weighted by atomic mass is 9.95. The Balaban J connectivity index is 0.00000242. The van der Waals surface area contributed by atoms with Gasteiger partial charge < -0.3 is 21.1 Å². The molecule has 1 aromatic rings. The van der Waals surface area contributed by atoms with Gasteiger partial charge in [0, 0.05) is 24.7 Å². The highest BCUT2D eigenvalue weighted by molar-refractivity contribution is 5.92. The van der Waals surface area contributed by atoms with Crippen molar-refractivity contribution in [3.63, 3.8) is 0 Å². The zero-order valence-electron chi connectivity index (χ0n) is 12.5. The zero-order chi connectivity index (χ0) is 15.4. The number of nitrogens with one attached hydrogen (secondary N) is 1. The molecule has 2 rings (SSSR count). The van der Waals surface area contributed by atoms with Crippen LogP contribution in [0.25, 0.3) is 0 Å². The number of carbonyl (C=O) groups is 2. The van der Waals surface area contributed by atoms with Crippen molar-refractivity contribution in [2.24, 2.45) is 11.7 Å². The summed E-state index contributed by atoms with van der Waals surface area (Å²) in [4.78, 5) is 25.7. The monoisotopic (exact) mass is 327 g/mol. The van der Waals surface area contributed by atoms with Crippen LogP contribution in [0.2, 0.25) is 0 Å². The topological polar surface area (TPSA) is 95.7 Å². The van der Waals surface area contributed by atoms with Gasteiger partial charge in [-0.2, -0.15) is 0 Å². The van der Waals surface area contributed by atoms with E-state index in [1.165, 1.54) is 12.1 Å². The average Bonchev–Trinajstić information content (AvgIpc) is 2.49. The fourth-order valence-electron chi connectivity index (χ4n) is 2.44. The molecule has 0 aromatic heterocycles. The summed E-state index contributed by atoms with van der Waals surface area (Å²) in [6.45, 7) is 2.80. The lowest BCUT2D eigenvalue weighted by Gasteiger charge is -2.32. The highest BCUT2D eigenvalue weighted by Crippen LogP contribution is 2.21. The van der Waals surface area contributed by atoms with Crippen LogP contribution in [0.3, 0.4) is 0 Å². The molecule has 1 aliphatic rings. The summed E-state index contributed by atoms with van der Waals surface area (Å²) in [5, 5.41) is 12.0. The lowest BCUT2D eigenvalue weighted by Crippen LogP contribution is -2.47. The minimum Gasteiger partial charge on any atom is -0.508 e. The first-order chi connectivity index (χ1) is 9.97. The number of phenols is 1. The molecule has 0 unspecified atom stereocenters. The van der Waals surface area contributed by atoms with Gasteiger partial charge in [0.05, 0.1) is 6.04 Å². The highest BCUT2D eigenvalue weighted by atomic mass is 35.5. The van der Waals surface area contributed by atoms with Crippen molar-refractivity contribution in [1.82, 2.24) is 4.90 Å². The Labute approximate surface area is 136 Å². The fraction of sp³-hybridized carbons (Fsp3) is 0.467. The second-order valence-electron chi connectivity index (χ2n) is 5.42. The van der Waals surface area contributed by atoms with Crippen molar-refractivity contribution in [3.8, 4) is 5.75 Å². The molecule has 0 spiro atoms. The minimum absolute atomic E-state index is 0. The maximum Gasteiger partial charge on any atom is 0.239 e. The van der Waals surface area contributed by atoms with Gasteiger partial charge in [-0.25, -0.2) is 0 Å². The molecule has 7 heteroatoms. The number of rotatable bonds is 3. The minimum atomic E-state index is -0.493. The first-order valence-corrected chi connectivity index (χ1v) is 7.11. The van der Waals surface area contributed by atoms with E-state index in [2.05, 4.69) is 5.32 Å². The van der Waals surface area contributed by atoms with Gasteiger partial charge in [0.15, 0.2) is 0 Å². The molecule has 6 nitrogen and oxygen atoms in total. The molecule has 1 saturated heterocycles. The quantitative estimate of drug-likeness (QED) is 0.730. The zero-order valence-corrected chi connectivity index (χ0v) is 13.3. The van der Waals surface area contributed by atoms with Gasteiger partial charge in [-0.3, -0.25) is 9.59 Å². The number of anilines is 1. The van der Waals surface area contributed by atoms with Crippen molar-refractivity contribution in [2.75, 3.05) is 18.4 Å². The second-order valence-corrected chi connectivity index (χ2v) is 5.42. The second kappa shape index (κ2) is 8.00. The summed E-state index contributed by atoms with van der Waals surface area (Å²) in [6.07, 6.45) is 1.28. The number of hydrogen-bond donors (Lipinski definition) is 3. The van der Waals surface area contributed by atoms with Crippen molar-refractivity contribution in [3.05, 3.63) is 24.3 Å². The van der Waals surface area contributed by atoms with E-state index in [1.807, 2.05) is 0 Å². The molecule has 0 aliphatic carbocycles. The fourth-order valence-corrected chi connectivity index (χ4v) is 2.44. The summed E-state index contributed by atoms with van der Waals surface area (Å²) < 4.78 is 0. The van der Waals surface area contributed by atoms with Gasteiger partial charge in [0.1, 0.15) is 5.75 Å². The van der Waals surface area contributed by atoms with E-state index >= 15 is 0 Å². The molecule has 1 atom stereocenters. The third-order valence-corrected chi connectivity index (χ3v) is 3.70. The van der Waals surface area contributed by atoms with E-state index < -0.39 is 6.04 Å². The first-order valence-electron chi connectivity index (χ1n) is 7.11. The lowest BCUT2D eigenvalue weighted by molar-refractivity contribution is -0.135. The Morgan fingerprint density at radius 2 is 1.82 bits per heavy atom. The van der Waals surface area contributed by atoms with E-state index in [-0.39, 0.29) is 35.9 Å². The number of aromatic hydroxyl groups is 1. The highest BCUT2D eigenvalue weighted by Gasteiger charge is 2.28. The Bertz CT molecular complexity index is 511. The predicted molar refractivity (Wildman–Crippen MR) is 86.9 cm³/mol. The molecule has 2 amide bonds. The smallest absolute Gasteiger partial charge is 0.239 e. The number of nitrogens with zero attached hydrogens (tertiary/aromatic N) is 1. The SMILES string of the molecule is C[C@@H](N)C(=O)N1CCC(C(=O)Nc2ccc(O)cc2)CC1.Cl.